The number of hydrogen-bond acceptors (Lipinski definition) is 3. The van der Waals surface area contributed by atoms with Gasteiger partial charge in [-0.25, -0.2) is 0 Å². The van der Waals surface area contributed by atoms with E-state index in [0.29, 0.717) is 18.8 Å². The quantitative estimate of drug-likeness (QED) is 0.176. The van der Waals surface area contributed by atoms with Crippen molar-refractivity contribution in [2.75, 3.05) is 0 Å². The fourth-order valence-electron chi connectivity index (χ4n) is 4.39. The summed E-state index contributed by atoms with van der Waals surface area (Å²) < 4.78 is 0. The van der Waals surface area contributed by atoms with Crippen LogP contribution in [0, 0.1) is 11.8 Å². The Morgan fingerprint density at radius 2 is 1.66 bits per heavy atom. The second kappa shape index (κ2) is 16.6. The second-order valence-electron chi connectivity index (χ2n) is 8.71. The Labute approximate surface area is 178 Å². The van der Waals surface area contributed by atoms with Crippen molar-refractivity contribution in [3.8, 4) is 0 Å². The van der Waals surface area contributed by atoms with Crippen molar-refractivity contribution in [3.05, 3.63) is 24.3 Å². The minimum atomic E-state index is -0.792. The maximum atomic E-state index is 10.7. The summed E-state index contributed by atoms with van der Waals surface area (Å²) in [6, 6.07) is 0. The predicted molar refractivity (Wildman–Crippen MR) is 120 cm³/mol. The highest BCUT2D eigenvalue weighted by Crippen LogP contribution is 2.33. The molecule has 0 aromatic heterocycles. The van der Waals surface area contributed by atoms with Crippen molar-refractivity contribution in [2.24, 2.45) is 11.8 Å². The van der Waals surface area contributed by atoms with Gasteiger partial charge in [-0.1, -0.05) is 89.0 Å². The normalized spacial score (nSPS) is 22.7. The fourth-order valence-corrected chi connectivity index (χ4v) is 4.39. The van der Waals surface area contributed by atoms with Gasteiger partial charge in [-0.05, 0) is 43.9 Å². The number of carboxylic acids is 1. The number of aliphatic carboxylic acids is 1. The Bertz CT molecular complexity index is 471. The van der Waals surface area contributed by atoms with Gasteiger partial charge in [0.15, 0.2) is 0 Å². The fraction of sp³-hybridized carbons (Fsp3) is 0.800. The van der Waals surface area contributed by atoms with Gasteiger partial charge in [-0.15, -0.1) is 0 Å². The summed E-state index contributed by atoms with van der Waals surface area (Å²) in [6.45, 7) is 2.22. The van der Waals surface area contributed by atoms with Crippen molar-refractivity contribution >= 4 is 5.97 Å². The van der Waals surface area contributed by atoms with Gasteiger partial charge >= 0.3 is 5.97 Å². The summed E-state index contributed by atoms with van der Waals surface area (Å²) in [5.74, 6) is -0.249. The van der Waals surface area contributed by atoms with Gasteiger partial charge in [-0.3, -0.25) is 4.79 Å². The van der Waals surface area contributed by atoms with Gasteiger partial charge < -0.3 is 15.3 Å². The van der Waals surface area contributed by atoms with E-state index in [1.165, 1.54) is 44.9 Å². The van der Waals surface area contributed by atoms with Crippen molar-refractivity contribution in [1.82, 2.24) is 0 Å². The zero-order chi connectivity index (χ0) is 21.3. The number of aliphatic hydroxyl groups is 2. The molecule has 3 N–H and O–H groups in total. The molecular weight excluding hydrogens is 364 g/mol. The maximum absolute atomic E-state index is 10.7. The van der Waals surface area contributed by atoms with Crippen LogP contribution in [0.15, 0.2) is 24.3 Å². The number of aliphatic hydroxyl groups excluding tert-OH is 2. The van der Waals surface area contributed by atoms with Crippen LogP contribution in [0.25, 0.3) is 0 Å². The van der Waals surface area contributed by atoms with Crippen LogP contribution in [0.2, 0.25) is 0 Å². The first-order valence-electron chi connectivity index (χ1n) is 12.0. The number of unbranched alkanes of at least 4 members (excludes halogenated alkanes) is 5. The molecular formula is C25H44O4. The van der Waals surface area contributed by atoms with Crippen molar-refractivity contribution in [3.63, 3.8) is 0 Å². The Hall–Kier alpha value is -1.13. The number of allylic oxidation sites excluding steroid dienone is 3. The van der Waals surface area contributed by atoms with E-state index in [1.54, 1.807) is 0 Å². The zero-order valence-corrected chi connectivity index (χ0v) is 18.5. The number of rotatable bonds is 15. The molecule has 0 aromatic carbocycles. The minimum Gasteiger partial charge on any atom is -0.481 e. The molecule has 29 heavy (non-hydrogen) atoms. The molecule has 4 nitrogen and oxygen atoms in total. The molecule has 4 atom stereocenters. The standard InChI is InChI=1S/C25H44O4/c1-2-3-4-5-6-9-16-22(26)17-12-11-15-21-14-8-7-10-18-23(21)24(27)19-13-20-25(28)29/h11-12,15,17,21-24,26-27H,2-10,13-14,16,18-20H2,1H3,(H,28,29)/b15-11+,17-12+/t21-,22?,23-,24?/m1/s1. The Morgan fingerprint density at radius 3 is 2.41 bits per heavy atom. The molecule has 0 bridgehead atoms. The third-order valence-corrected chi connectivity index (χ3v) is 6.17. The Morgan fingerprint density at radius 1 is 0.931 bits per heavy atom. The summed E-state index contributed by atoms with van der Waals surface area (Å²) in [5, 5.41) is 29.5. The van der Waals surface area contributed by atoms with E-state index >= 15 is 0 Å². The molecule has 0 spiro atoms. The lowest BCUT2D eigenvalue weighted by Gasteiger charge is -2.27. The summed E-state index contributed by atoms with van der Waals surface area (Å²) in [5.41, 5.74) is 0. The van der Waals surface area contributed by atoms with Gasteiger partial charge in [-0.2, -0.15) is 0 Å². The smallest absolute Gasteiger partial charge is 0.303 e. The largest absolute Gasteiger partial charge is 0.481 e. The molecule has 1 aliphatic carbocycles. The summed E-state index contributed by atoms with van der Waals surface area (Å²) >= 11 is 0. The van der Waals surface area contributed by atoms with Gasteiger partial charge in [0, 0.05) is 6.42 Å². The molecule has 0 saturated heterocycles. The average molecular weight is 409 g/mol. The number of carbonyl (C=O) groups is 1. The first-order valence-corrected chi connectivity index (χ1v) is 12.0. The van der Waals surface area contributed by atoms with E-state index in [4.69, 9.17) is 5.11 Å². The SMILES string of the molecule is CCCCCCCCC(O)/C=C/C=C/[C@H]1CCCCC[C@H]1C(O)CCCC(=O)O. The van der Waals surface area contributed by atoms with Gasteiger partial charge in [0.2, 0.25) is 0 Å². The third-order valence-electron chi connectivity index (χ3n) is 6.17. The lowest BCUT2D eigenvalue weighted by molar-refractivity contribution is -0.137. The number of hydrogen-bond donors (Lipinski definition) is 3. The highest BCUT2D eigenvalue weighted by Gasteiger charge is 2.27. The van der Waals surface area contributed by atoms with Gasteiger partial charge in [0.25, 0.3) is 0 Å². The molecule has 1 rings (SSSR count). The molecule has 1 saturated carbocycles. The van der Waals surface area contributed by atoms with E-state index in [0.717, 1.165) is 32.1 Å². The van der Waals surface area contributed by atoms with Crippen LogP contribution in [-0.2, 0) is 4.79 Å². The van der Waals surface area contributed by atoms with Crippen LogP contribution in [0.3, 0.4) is 0 Å². The first kappa shape index (κ1) is 25.9. The summed E-state index contributed by atoms with van der Waals surface area (Å²) in [7, 11) is 0. The molecule has 0 amide bonds. The molecule has 0 heterocycles. The monoisotopic (exact) mass is 408 g/mol. The molecule has 1 fully saturated rings. The molecule has 1 aliphatic rings. The molecule has 2 unspecified atom stereocenters. The van der Waals surface area contributed by atoms with E-state index in [2.05, 4.69) is 13.0 Å². The summed E-state index contributed by atoms with van der Waals surface area (Å²) in [4.78, 5) is 10.7. The Kier molecular flexibility index (Phi) is 14.9. The topological polar surface area (TPSA) is 77.8 Å². The highest BCUT2D eigenvalue weighted by atomic mass is 16.4. The van der Waals surface area contributed by atoms with Crippen LogP contribution in [-0.4, -0.2) is 33.5 Å². The summed E-state index contributed by atoms with van der Waals surface area (Å²) in [6.07, 6.45) is 22.3. The third kappa shape index (κ3) is 12.9. The predicted octanol–water partition coefficient (Wildman–Crippen LogP) is 6.02. The van der Waals surface area contributed by atoms with Crippen LogP contribution < -0.4 is 0 Å². The molecule has 168 valence electrons. The van der Waals surface area contributed by atoms with Gasteiger partial charge in [0.05, 0.1) is 12.2 Å². The molecule has 0 radical (unpaired) electrons. The first-order chi connectivity index (χ1) is 14.0. The maximum Gasteiger partial charge on any atom is 0.303 e. The van der Waals surface area contributed by atoms with Crippen molar-refractivity contribution in [2.45, 2.75) is 115 Å². The lowest BCUT2D eigenvalue weighted by atomic mass is 9.81. The second-order valence-corrected chi connectivity index (χ2v) is 8.71. The van der Waals surface area contributed by atoms with E-state index in [9.17, 15) is 15.0 Å². The van der Waals surface area contributed by atoms with E-state index in [-0.39, 0.29) is 18.4 Å². The molecule has 0 aromatic rings. The molecule has 0 aliphatic heterocycles. The highest BCUT2D eigenvalue weighted by molar-refractivity contribution is 5.66. The Balaban J connectivity index is 2.40. The van der Waals surface area contributed by atoms with Crippen LogP contribution in [0.1, 0.15) is 103 Å². The minimum absolute atomic E-state index is 0.128. The van der Waals surface area contributed by atoms with Crippen LogP contribution in [0.5, 0.6) is 0 Å². The molecule has 4 heteroatoms. The van der Waals surface area contributed by atoms with Crippen LogP contribution >= 0.6 is 0 Å². The zero-order valence-electron chi connectivity index (χ0n) is 18.5. The van der Waals surface area contributed by atoms with Gasteiger partial charge in [0.1, 0.15) is 0 Å². The van der Waals surface area contributed by atoms with Crippen LogP contribution in [0.4, 0.5) is 0 Å². The average Bonchev–Trinajstić information content (AvgIpc) is 2.93. The van der Waals surface area contributed by atoms with E-state index < -0.39 is 12.1 Å². The van der Waals surface area contributed by atoms with E-state index in [1.807, 2.05) is 18.2 Å². The number of carboxylic acid groups (broad SMARTS) is 1. The van der Waals surface area contributed by atoms with Crippen molar-refractivity contribution < 1.29 is 20.1 Å². The van der Waals surface area contributed by atoms with Crippen molar-refractivity contribution in [1.29, 1.82) is 0 Å². The lowest BCUT2D eigenvalue weighted by Crippen LogP contribution is -2.26.